The van der Waals surface area contributed by atoms with Crippen molar-refractivity contribution in [2.24, 2.45) is 0 Å². The summed E-state index contributed by atoms with van der Waals surface area (Å²) < 4.78 is 5.38. The molecular formula is C20H19ClN4O2. The fourth-order valence-electron chi connectivity index (χ4n) is 2.42. The second-order valence-corrected chi connectivity index (χ2v) is 6.24. The number of carbonyl (C=O) groups excluding carboxylic acids is 1. The second kappa shape index (κ2) is 8.51. The van der Waals surface area contributed by atoms with E-state index in [0.717, 1.165) is 17.0 Å². The number of nitrogens with zero attached hydrogens (tertiary/aromatic N) is 2. The normalized spacial score (nSPS) is 10.3. The first kappa shape index (κ1) is 18.7. The van der Waals surface area contributed by atoms with Gasteiger partial charge in [0.2, 0.25) is 0 Å². The smallest absolute Gasteiger partial charge is 0.276 e. The molecule has 0 aliphatic carbocycles. The average molecular weight is 383 g/mol. The van der Waals surface area contributed by atoms with Crippen LogP contribution in [0.15, 0.2) is 54.6 Å². The van der Waals surface area contributed by atoms with Crippen LogP contribution in [0.3, 0.4) is 0 Å². The predicted molar refractivity (Wildman–Crippen MR) is 107 cm³/mol. The first-order valence-corrected chi connectivity index (χ1v) is 8.84. The van der Waals surface area contributed by atoms with E-state index in [4.69, 9.17) is 16.3 Å². The quantitative estimate of drug-likeness (QED) is 0.638. The number of nitrogens with one attached hydrogen (secondary N) is 2. The minimum atomic E-state index is -0.333. The van der Waals surface area contributed by atoms with Crippen LogP contribution in [0.2, 0.25) is 5.02 Å². The zero-order valence-electron chi connectivity index (χ0n) is 15.0. The lowest BCUT2D eigenvalue weighted by molar-refractivity contribution is 0.102. The van der Waals surface area contributed by atoms with E-state index < -0.39 is 0 Å². The molecule has 0 saturated heterocycles. The Labute approximate surface area is 162 Å². The van der Waals surface area contributed by atoms with Crippen molar-refractivity contribution in [1.82, 2.24) is 10.2 Å². The zero-order valence-corrected chi connectivity index (χ0v) is 15.7. The molecule has 0 radical (unpaired) electrons. The number of benzene rings is 2. The summed E-state index contributed by atoms with van der Waals surface area (Å²) in [6, 6.07) is 16.0. The monoisotopic (exact) mass is 382 g/mol. The number of rotatable bonds is 6. The van der Waals surface area contributed by atoms with Crippen LogP contribution in [0.25, 0.3) is 0 Å². The van der Waals surface area contributed by atoms with Crippen molar-refractivity contribution in [3.63, 3.8) is 0 Å². The number of ether oxygens (including phenoxy) is 1. The summed E-state index contributed by atoms with van der Waals surface area (Å²) in [6.07, 6.45) is 0. The van der Waals surface area contributed by atoms with E-state index in [1.807, 2.05) is 26.0 Å². The summed E-state index contributed by atoms with van der Waals surface area (Å²) in [5.74, 6) is 0.960. The number of aryl methyl sites for hydroxylation is 1. The lowest BCUT2D eigenvalue weighted by Gasteiger charge is -2.09. The Morgan fingerprint density at radius 3 is 2.48 bits per heavy atom. The van der Waals surface area contributed by atoms with Crippen molar-refractivity contribution in [3.05, 3.63) is 70.9 Å². The highest BCUT2D eigenvalue weighted by Crippen LogP contribution is 2.22. The van der Waals surface area contributed by atoms with Gasteiger partial charge in [-0.25, -0.2) is 0 Å². The molecule has 0 aliphatic heterocycles. The summed E-state index contributed by atoms with van der Waals surface area (Å²) in [5, 5.41) is 14.7. The second-order valence-electron chi connectivity index (χ2n) is 5.80. The molecule has 1 heterocycles. The van der Waals surface area contributed by atoms with Gasteiger partial charge in [0.1, 0.15) is 5.75 Å². The molecule has 2 N–H and O–H groups in total. The number of hydrogen-bond donors (Lipinski definition) is 2. The lowest BCUT2D eigenvalue weighted by Crippen LogP contribution is -2.14. The fourth-order valence-corrected chi connectivity index (χ4v) is 2.65. The molecule has 1 aromatic heterocycles. The van der Waals surface area contributed by atoms with Crippen LogP contribution in [-0.4, -0.2) is 22.7 Å². The number of carbonyl (C=O) groups is 1. The van der Waals surface area contributed by atoms with Crippen LogP contribution in [0, 0.1) is 6.92 Å². The van der Waals surface area contributed by atoms with E-state index in [1.54, 1.807) is 42.5 Å². The van der Waals surface area contributed by atoms with Crippen molar-refractivity contribution in [2.75, 3.05) is 17.2 Å². The van der Waals surface area contributed by atoms with Gasteiger partial charge in [-0.2, -0.15) is 0 Å². The summed E-state index contributed by atoms with van der Waals surface area (Å²) >= 11 is 5.96. The zero-order chi connectivity index (χ0) is 19.2. The van der Waals surface area contributed by atoms with Gasteiger partial charge in [-0.05, 0) is 74.0 Å². The lowest BCUT2D eigenvalue weighted by atomic mass is 10.2. The molecule has 0 aliphatic rings. The van der Waals surface area contributed by atoms with E-state index >= 15 is 0 Å². The van der Waals surface area contributed by atoms with E-state index in [1.165, 1.54) is 0 Å². The molecule has 3 aromatic rings. The highest BCUT2D eigenvalue weighted by atomic mass is 35.5. The largest absolute Gasteiger partial charge is 0.494 e. The van der Waals surface area contributed by atoms with Gasteiger partial charge in [0, 0.05) is 16.4 Å². The molecule has 0 bridgehead atoms. The minimum Gasteiger partial charge on any atom is -0.494 e. The molecule has 3 rings (SSSR count). The van der Waals surface area contributed by atoms with Gasteiger partial charge in [0.25, 0.3) is 5.91 Å². The van der Waals surface area contributed by atoms with Crippen LogP contribution in [0.4, 0.5) is 17.2 Å². The van der Waals surface area contributed by atoms with Crippen molar-refractivity contribution >= 4 is 34.7 Å². The van der Waals surface area contributed by atoms with Crippen LogP contribution >= 0.6 is 11.6 Å². The van der Waals surface area contributed by atoms with Crippen LogP contribution in [-0.2, 0) is 0 Å². The highest BCUT2D eigenvalue weighted by molar-refractivity contribution is 6.30. The molecule has 138 valence electrons. The van der Waals surface area contributed by atoms with E-state index in [9.17, 15) is 4.79 Å². The summed E-state index contributed by atoms with van der Waals surface area (Å²) in [7, 11) is 0. The molecule has 0 fully saturated rings. The first-order valence-electron chi connectivity index (χ1n) is 8.46. The van der Waals surface area contributed by atoms with E-state index in [2.05, 4.69) is 20.8 Å². The Balaban J connectivity index is 1.64. The van der Waals surface area contributed by atoms with Crippen molar-refractivity contribution < 1.29 is 9.53 Å². The number of aromatic nitrogens is 2. The summed E-state index contributed by atoms with van der Waals surface area (Å²) in [4.78, 5) is 12.3. The maximum absolute atomic E-state index is 12.3. The van der Waals surface area contributed by atoms with Crippen LogP contribution < -0.4 is 15.4 Å². The van der Waals surface area contributed by atoms with E-state index in [0.29, 0.717) is 23.1 Å². The standard InChI is InChI=1S/C20H19ClN4O2/c1-3-27-16-7-5-15(6-8-16)22-20(26)18-10-11-19(25-24-18)23-17-9-4-14(21)12-13(17)2/h4-12H,3H2,1-2H3,(H,22,26)(H,23,25). The molecule has 1 amide bonds. The Hall–Kier alpha value is -3.12. The Kier molecular flexibility index (Phi) is 5.88. The molecule has 2 aromatic carbocycles. The maximum atomic E-state index is 12.3. The third-order valence-electron chi connectivity index (χ3n) is 3.77. The SMILES string of the molecule is CCOc1ccc(NC(=O)c2ccc(Nc3ccc(Cl)cc3C)nn2)cc1. The average Bonchev–Trinajstić information content (AvgIpc) is 2.66. The van der Waals surface area contributed by atoms with Gasteiger partial charge < -0.3 is 15.4 Å². The van der Waals surface area contributed by atoms with Gasteiger partial charge in [-0.3, -0.25) is 4.79 Å². The minimum absolute atomic E-state index is 0.224. The number of hydrogen-bond acceptors (Lipinski definition) is 5. The number of halogens is 1. The van der Waals surface area contributed by atoms with E-state index in [-0.39, 0.29) is 11.6 Å². The molecule has 27 heavy (non-hydrogen) atoms. The van der Waals surface area contributed by atoms with Crippen LogP contribution in [0.1, 0.15) is 23.0 Å². The maximum Gasteiger partial charge on any atom is 0.276 e. The molecule has 0 spiro atoms. The van der Waals surface area contributed by atoms with Crippen molar-refractivity contribution in [2.45, 2.75) is 13.8 Å². The van der Waals surface area contributed by atoms with Crippen molar-refractivity contribution in [1.29, 1.82) is 0 Å². The third-order valence-corrected chi connectivity index (χ3v) is 4.01. The summed E-state index contributed by atoms with van der Waals surface area (Å²) in [6.45, 7) is 4.46. The first-order chi connectivity index (χ1) is 13.0. The van der Waals surface area contributed by atoms with Gasteiger partial charge in [-0.1, -0.05) is 11.6 Å². The van der Waals surface area contributed by atoms with Crippen LogP contribution in [0.5, 0.6) is 5.75 Å². The Morgan fingerprint density at radius 2 is 1.85 bits per heavy atom. The van der Waals surface area contributed by atoms with Gasteiger partial charge in [0.15, 0.2) is 11.5 Å². The summed E-state index contributed by atoms with van der Waals surface area (Å²) in [5.41, 5.74) is 2.74. The fraction of sp³-hybridized carbons (Fsp3) is 0.150. The van der Waals surface area contributed by atoms with Gasteiger partial charge in [-0.15, -0.1) is 10.2 Å². The molecule has 0 saturated carbocycles. The van der Waals surface area contributed by atoms with Crippen molar-refractivity contribution in [3.8, 4) is 5.75 Å². The predicted octanol–water partition coefficient (Wildman–Crippen LogP) is 4.83. The van der Waals surface area contributed by atoms with Gasteiger partial charge >= 0.3 is 0 Å². The molecule has 6 nitrogen and oxygen atoms in total. The Morgan fingerprint density at radius 1 is 1.07 bits per heavy atom. The third kappa shape index (κ3) is 4.95. The molecular weight excluding hydrogens is 364 g/mol. The highest BCUT2D eigenvalue weighted by Gasteiger charge is 2.09. The molecule has 0 atom stereocenters. The number of anilines is 3. The molecule has 0 unspecified atom stereocenters. The number of amides is 1. The van der Waals surface area contributed by atoms with Gasteiger partial charge in [0.05, 0.1) is 6.61 Å². The topological polar surface area (TPSA) is 76.1 Å². The molecule has 7 heteroatoms. The Bertz CT molecular complexity index is 928.